The number of carbonyl (C=O) groups is 2. The number of carbonyl (C=O) groups excluding carboxylic acids is 1. The Hall–Kier alpha value is -1.06. The van der Waals surface area contributed by atoms with Crippen LogP contribution in [0.4, 0.5) is 0 Å². The van der Waals surface area contributed by atoms with Gasteiger partial charge in [-0.1, -0.05) is 77.6 Å². The largest absolute Gasteiger partial charge is 0.480 e. The summed E-state index contributed by atoms with van der Waals surface area (Å²) in [6.07, 6.45) is 17.0. The molecule has 0 bridgehead atoms. The van der Waals surface area contributed by atoms with Crippen LogP contribution >= 0.6 is 0 Å². The maximum Gasteiger partial charge on any atom is 0.323 e. The molecule has 0 spiro atoms. The van der Waals surface area contributed by atoms with Crippen molar-refractivity contribution in [3.8, 4) is 0 Å². The van der Waals surface area contributed by atoms with Gasteiger partial charge in [0.15, 0.2) is 0 Å². The zero-order valence-corrected chi connectivity index (χ0v) is 15.6. The lowest BCUT2D eigenvalue weighted by Crippen LogP contribution is -2.44. The van der Waals surface area contributed by atoms with Crippen molar-refractivity contribution in [3.05, 3.63) is 0 Å². The van der Waals surface area contributed by atoms with Gasteiger partial charge in [0.1, 0.15) is 6.54 Å². The Labute approximate surface area is 148 Å². The summed E-state index contributed by atoms with van der Waals surface area (Å²) in [5.74, 6) is -0.840. The second-order valence-corrected chi connectivity index (χ2v) is 7.29. The number of carboxylic acid groups (broad SMARTS) is 1. The van der Waals surface area contributed by atoms with Crippen molar-refractivity contribution in [3.63, 3.8) is 0 Å². The average molecular weight is 340 g/mol. The molecule has 1 amide bonds. The molecule has 0 atom stereocenters. The Morgan fingerprint density at radius 1 is 0.875 bits per heavy atom. The molecule has 0 aromatic heterocycles. The fourth-order valence-corrected chi connectivity index (χ4v) is 3.69. The highest BCUT2D eigenvalue weighted by molar-refractivity contribution is 5.81. The van der Waals surface area contributed by atoms with Crippen LogP contribution < -0.4 is 0 Å². The van der Waals surface area contributed by atoms with Crippen LogP contribution in [0.1, 0.15) is 103 Å². The number of nitrogens with zero attached hydrogens (tertiary/aromatic N) is 1. The number of amides is 1. The van der Waals surface area contributed by atoms with Crippen LogP contribution in [0.3, 0.4) is 0 Å². The van der Waals surface area contributed by atoms with Crippen LogP contribution in [-0.2, 0) is 9.59 Å². The maximum atomic E-state index is 12.4. The minimum atomic E-state index is -0.888. The zero-order valence-electron chi connectivity index (χ0n) is 15.6. The molecular formula is C20H37NO3. The van der Waals surface area contributed by atoms with Crippen LogP contribution in [0.15, 0.2) is 0 Å². The molecule has 1 saturated carbocycles. The molecule has 1 N–H and O–H groups in total. The van der Waals surface area contributed by atoms with E-state index in [0.717, 1.165) is 38.5 Å². The minimum Gasteiger partial charge on any atom is -0.480 e. The Morgan fingerprint density at radius 3 is 1.96 bits per heavy atom. The number of rotatable bonds is 13. The summed E-state index contributed by atoms with van der Waals surface area (Å²) in [7, 11) is 0. The molecule has 0 aliphatic heterocycles. The van der Waals surface area contributed by atoms with Crippen molar-refractivity contribution in [1.29, 1.82) is 0 Å². The molecule has 1 fully saturated rings. The van der Waals surface area contributed by atoms with Gasteiger partial charge in [-0.15, -0.1) is 0 Å². The van der Waals surface area contributed by atoms with E-state index in [1.165, 1.54) is 51.4 Å². The van der Waals surface area contributed by atoms with Gasteiger partial charge in [0, 0.05) is 12.5 Å². The van der Waals surface area contributed by atoms with Crippen LogP contribution in [0, 0.1) is 0 Å². The van der Waals surface area contributed by atoms with Gasteiger partial charge < -0.3 is 10.0 Å². The first-order valence-electron chi connectivity index (χ1n) is 10.2. The van der Waals surface area contributed by atoms with Gasteiger partial charge in [-0.25, -0.2) is 0 Å². The quantitative estimate of drug-likeness (QED) is 0.472. The molecule has 4 nitrogen and oxygen atoms in total. The molecule has 4 heteroatoms. The minimum absolute atomic E-state index is 0.0484. The lowest BCUT2D eigenvalue weighted by atomic mass is 9.93. The third-order valence-corrected chi connectivity index (χ3v) is 5.14. The van der Waals surface area contributed by atoms with Crippen LogP contribution in [0.2, 0.25) is 0 Å². The number of unbranched alkanes of at least 4 members (excludes halogenated alkanes) is 8. The molecular weight excluding hydrogens is 302 g/mol. The number of carboxylic acids is 1. The predicted octanol–water partition coefficient (Wildman–Crippen LogP) is 5.15. The molecule has 0 unspecified atom stereocenters. The van der Waals surface area contributed by atoms with Crippen molar-refractivity contribution >= 4 is 11.9 Å². The first kappa shape index (κ1) is 21.0. The van der Waals surface area contributed by atoms with E-state index in [2.05, 4.69) is 6.92 Å². The first-order valence-corrected chi connectivity index (χ1v) is 10.2. The monoisotopic (exact) mass is 339 g/mol. The molecule has 0 aromatic rings. The Bertz CT molecular complexity index is 351. The van der Waals surface area contributed by atoms with Gasteiger partial charge in [-0.05, 0) is 19.3 Å². The van der Waals surface area contributed by atoms with E-state index in [1.807, 2.05) is 0 Å². The van der Waals surface area contributed by atoms with E-state index < -0.39 is 5.97 Å². The highest BCUT2D eigenvalue weighted by atomic mass is 16.4. The van der Waals surface area contributed by atoms with E-state index in [0.29, 0.717) is 6.42 Å². The van der Waals surface area contributed by atoms with E-state index in [9.17, 15) is 9.59 Å². The number of hydrogen-bond donors (Lipinski definition) is 1. The summed E-state index contributed by atoms with van der Waals surface area (Å²) >= 11 is 0. The van der Waals surface area contributed by atoms with Crippen molar-refractivity contribution in [1.82, 2.24) is 4.90 Å². The molecule has 0 aromatic carbocycles. The lowest BCUT2D eigenvalue weighted by molar-refractivity contribution is -0.146. The fourth-order valence-electron chi connectivity index (χ4n) is 3.69. The summed E-state index contributed by atoms with van der Waals surface area (Å²) in [4.78, 5) is 25.2. The molecule has 1 aliphatic rings. The van der Waals surface area contributed by atoms with E-state index in [1.54, 1.807) is 4.90 Å². The van der Waals surface area contributed by atoms with Gasteiger partial charge >= 0.3 is 5.97 Å². The van der Waals surface area contributed by atoms with E-state index >= 15 is 0 Å². The Morgan fingerprint density at radius 2 is 1.42 bits per heavy atom. The molecule has 0 radical (unpaired) electrons. The maximum absolute atomic E-state index is 12.4. The number of hydrogen-bond acceptors (Lipinski definition) is 2. The van der Waals surface area contributed by atoms with Gasteiger partial charge in [-0.3, -0.25) is 9.59 Å². The second-order valence-electron chi connectivity index (χ2n) is 7.29. The number of aliphatic carboxylic acids is 1. The van der Waals surface area contributed by atoms with Crippen molar-refractivity contribution in [2.45, 2.75) is 109 Å². The molecule has 24 heavy (non-hydrogen) atoms. The van der Waals surface area contributed by atoms with Gasteiger partial charge in [0.2, 0.25) is 5.91 Å². The smallest absolute Gasteiger partial charge is 0.323 e. The molecule has 1 rings (SSSR count). The Kier molecular flexibility index (Phi) is 11.6. The summed E-state index contributed by atoms with van der Waals surface area (Å²) in [5, 5.41) is 9.10. The summed E-state index contributed by atoms with van der Waals surface area (Å²) in [5.41, 5.74) is 0. The highest BCUT2D eigenvalue weighted by Crippen LogP contribution is 2.23. The third kappa shape index (κ3) is 9.29. The van der Waals surface area contributed by atoms with Gasteiger partial charge in [0.25, 0.3) is 0 Å². The van der Waals surface area contributed by atoms with Gasteiger partial charge in [0.05, 0.1) is 0 Å². The van der Waals surface area contributed by atoms with Crippen molar-refractivity contribution in [2.24, 2.45) is 0 Å². The normalized spacial score (nSPS) is 15.4. The van der Waals surface area contributed by atoms with Crippen LogP contribution in [0.25, 0.3) is 0 Å². The highest BCUT2D eigenvalue weighted by Gasteiger charge is 2.26. The van der Waals surface area contributed by atoms with E-state index in [-0.39, 0.29) is 18.5 Å². The first-order chi connectivity index (χ1) is 11.6. The second kappa shape index (κ2) is 13.3. The van der Waals surface area contributed by atoms with Crippen LogP contribution in [-0.4, -0.2) is 34.5 Å². The Balaban J connectivity index is 2.18. The van der Waals surface area contributed by atoms with E-state index in [4.69, 9.17) is 5.11 Å². The fraction of sp³-hybridized carbons (Fsp3) is 0.900. The molecule has 0 heterocycles. The summed E-state index contributed by atoms with van der Waals surface area (Å²) in [6, 6.07) is 0.154. The molecule has 0 saturated heterocycles. The van der Waals surface area contributed by atoms with Crippen molar-refractivity contribution < 1.29 is 14.7 Å². The topological polar surface area (TPSA) is 57.6 Å². The molecule has 1 aliphatic carbocycles. The summed E-state index contributed by atoms with van der Waals surface area (Å²) in [6.45, 7) is 2.11. The van der Waals surface area contributed by atoms with Gasteiger partial charge in [-0.2, -0.15) is 0 Å². The standard InChI is InChI=1S/C20H37NO3/c1-2-3-4-5-6-7-8-9-13-16-19(22)21(17-20(23)24)18-14-11-10-12-15-18/h18H,2-17H2,1H3,(H,23,24). The third-order valence-electron chi connectivity index (χ3n) is 5.14. The van der Waals surface area contributed by atoms with Crippen molar-refractivity contribution in [2.75, 3.05) is 6.54 Å². The summed E-state index contributed by atoms with van der Waals surface area (Å²) < 4.78 is 0. The average Bonchev–Trinajstić information content (AvgIpc) is 2.58. The molecule has 140 valence electrons. The predicted molar refractivity (Wildman–Crippen MR) is 98.1 cm³/mol. The zero-order chi connectivity index (χ0) is 17.6. The van der Waals surface area contributed by atoms with Crippen LogP contribution in [0.5, 0.6) is 0 Å². The SMILES string of the molecule is CCCCCCCCCCCC(=O)N(CC(=O)O)C1CCCCC1. The lowest BCUT2D eigenvalue weighted by Gasteiger charge is -2.33.